The zero-order chi connectivity index (χ0) is 14.4. The zero-order valence-corrected chi connectivity index (χ0v) is 12.6. The monoisotopic (exact) mass is 331 g/mol. The van der Waals surface area contributed by atoms with E-state index >= 15 is 0 Å². The normalized spacial score (nSPS) is 9.85. The number of nitriles is 1. The van der Waals surface area contributed by atoms with Gasteiger partial charge in [0.25, 0.3) is 0 Å². The van der Waals surface area contributed by atoms with Crippen LogP contribution in [0.15, 0.2) is 35.1 Å². The van der Waals surface area contributed by atoms with E-state index in [4.69, 9.17) is 5.26 Å². The van der Waals surface area contributed by atoms with Gasteiger partial charge in [-0.3, -0.25) is 0 Å². The fraction of sp³-hybridized carbons (Fsp3) is 0.214. The van der Waals surface area contributed by atoms with Crippen LogP contribution in [0.4, 0.5) is 17.3 Å². The van der Waals surface area contributed by atoms with Crippen LogP contribution in [-0.2, 0) is 0 Å². The van der Waals surface area contributed by atoms with Crippen molar-refractivity contribution in [1.29, 1.82) is 5.26 Å². The van der Waals surface area contributed by atoms with E-state index in [9.17, 15) is 0 Å². The van der Waals surface area contributed by atoms with Crippen LogP contribution in [0.2, 0.25) is 0 Å². The molecule has 2 rings (SSSR count). The SMILES string of the molecule is CCCNc1ncnc(Nc2ccccc2C#N)c1Br. The number of aromatic nitrogens is 2. The minimum absolute atomic E-state index is 0.570. The third-order valence-electron chi connectivity index (χ3n) is 2.63. The van der Waals surface area contributed by atoms with Gasteiger partial charge in [-0.1, -0.05) is 19.1 Å². The van der Waals surface area contributed by atoms with Crippen LogP contribution in [0.1, 0.15) is 18.9 Å². The summed E-state index contributed by atoms with van der Waals surface area (Å²) in [6.07, 6.45) is 2.50. The van der Waals surface area contributed by atoms with Gasteiger partial charge in [0.2, 0.25) is 0 Å². The summed E-state index contributed by atoms with van der Waals surface area (Å²) in [5.74, 6) is 1.36. The Morgan fingerprint density at radius 1 is 1.25 bits per heavy atom. The van der Waals surface area contributed by atoms with E-state index in [0.717, 1.165) is 28.9 Å². The number of anilines is 3. The van der Waals surface area contributed by atoms with Crippen molar-refractivity contribution in [3.8, 4) is 6.07 Å². The molecule has 0 aliphatic rings. The summed E-state index contributed by atoms with van der Waals surface area (Å²) in [5.41, 5.74) is 1.29. The van der Waals surface area contributed by atoms with Crippen LogP contribution in [0.5, 0.6) is 0 Å². The molecule has 0 atom stereocenters. The largest absolute Gasteiger partial charge is 0.369 e. The number of nitrogens with zero attached hydrogens (tertiary/aromatic N) is 3. The number of hydrogen-bond acceptors (Lipinski definition) is 5. The molecule has 20 heavy (non-hydrogen) atoms. The van der Waals surface area contributed by atoms with Gasteiger partial charge in [0.15, 0.2) is 0 Å². The van der Waals surface area contributed by atoms with Crippen LogP contribution in [0, 0.1) is 11.3 Å². The van der Waals surface area contributed by atoms with E-state index in [1.165, 1.54) is 6.33 Å². The van der Waals surface area contributed by atoms with Crippen LogP contribution in [0.25, 0.3) is 0 Å². The van der Waals surface area contributed by atoms with Gasteiger partial charge in [-0.15, -0.1) is 0 Å². The molecule has 1 aromatic carbocycles. The van der Waals surface area contributed by atoms with Crippen molar-refractivity contribution in [2.75, 3.05) is 17.2 Å². The third-order valence-corrected chi connectivity index (χ3v) is 3.38. The molecule has 5 nitrogen and oxygen atoms in total. The molecule has 0 saturated carbocycles. The Kier molecular flexibility index (Phi) is 4.91. The van der Waals surface area contributed by atoms with Gasteiger partial charge < -0.3 is 10.6 Å². The standard InChI is InChI=1S/C14H14BrN5/c1-2-7-17-13-12(15)14(19-9-18-13)20-11-6-4-3-5-10(11)8-16/h3-6,9H,2,7H2,1H3,(H2,17,18,19,20). The molecule has 2 aromatic rings. The molecule has 0 amide bonds. The molecule has 0 saturated heterocycles. The predicted molar refractivity (Wildman–Crippen MR) is 83.0 cm³/mol. The lowest BCUT2D eigenvalue weighted by molar-refractivity contribution is 0.962. The van der Waals surface area contributed by atoms with Gasteiger partial charge in [-0.25, -0.2) is 9.97 Å². The highest BCUT2D eigenvalue weighted by atomic mass is 79.9. The zero-order valence-electron chi connectivity index (χ0n) is 11.0. The number of rotatable bonds is 5. The van der Waals surface area contributed by atoms with Gasteiger partial charge in [0.1, 0.15) is 28.5 Å². The Labute approximate surface area is 126 Å². The molecular formula is C14H14BrN5. The lowest BCUT2D eigenvalue weighted by atomic mass is 10.2. The minimum atomic E-state index is 0.570. The smallest absolute Gasteiger partial charge is 0.150 e. The number of hydrogen-bond donors (Lipinski definition) is 2. The first-order chi connectivity index (χ1) is 9.76. The van der Waals surface area contributed by atoms with Crippen molar-refractivity contribution in [3.05, 3.63) is 40.6 Å². The first-order valence-corrected chi connectivity index (χ1v) is 7.06. The average molecular weight is 332 g/mol. The molecule has 0 aliphatic heterocycles. The molecule has 1 heterocycles. The van der Waals surface area contributed by atoms with Gasteiger partial charge in [0, 0.05) is 6.54 Å². The predicted octanol–water partition coefficient (Wildman–Crippen LogP) is 3.68. The molecule has 0 fully saturated rings. The molecule has 0 radical (unpaired) electrons. The molecule has 0 bridgehead atoms. The highest BCUT2D eigenvalue weighted by Crippen LogP contribution is 2.29. The van der Waals surface area contributed by atoms with Crippen molar-refractivity contribution >= 4 is 33.3 Å². The van der Waals surface area contributed by atoms with Crippen molar-refractivity contribution in [2.45, 2.75) is 13.3 Å². The molecule has 0 spiro atoms. The van der Waals surface area contributed by atoms with Crippen LogP contribution in [-0.4, -0.2) is 16.5 Å². The molecule has 102 valence electrons. The lowest BCUT2D eigenvalue weighted by Crippen LogP contribution is -2.05. The summed E-state index contributed by atoms with van der Waals surface area (Å²) in [6.45, 7) is 2.92. The highest BCUT2D eigenvalue weighted by Gasteiger charge is 2.10. The lowest BCUT2D eigenvalue weighted by Gasteiger charge is -2.12. The molecular weight excluding hydrogens is 318 g/mol. The summed E-state index contributed by atoms with van der Waals surface area (Å²) >= 11 is 3.48. The average Bonchev–Trinajstić information content (AvgIpc) is 2.48. The van der Waals surface area contributed by atoms with E-state index < -0.39 is 0 Å². The number of nitrogens with one attached hydrogen (secondary N) is 2. The Balaban J connectivity index is 2.28. The van der Waals surface area contributed by atoms with E-state index in [0.29, 0.717) is 11.4 Å². The van der Waals surface area contributed by atoms with E-state index in [1.54, 1.807) is 6.07 Å². The maximum Gasteiger partial charge on any atom is 0.150 e. The van der Waals surface area contributed by atoms with Crippen molar-refractivity contribution < 1.29 is 0 Å². The molecule has 1 aromatic heterocycles. The second-order valence-electron chi connectivity index (χ2n) is 4.09. The van der Waals surface area contributed by atoms with Gasteiger partial charge >= 0.3 is 0 Å². The maximum atomic E-state index is 9.09. The van der Waals surface area contributed by atoms with Crippen LogP contribution >= 0.6 is 15.9 Å². The fourth-order valence-corrected chi connectivity index (χ4v) is 2.08. The topological polar surface area (TPSA) is 73.6 Å². The Morgan fingerprint density at radius 2 is 2.00 bits per heavy atom. The molecule has 0 aliphatic carbocycles. The van der Waals surface area contributed by atoms with Crippen LogP contribution in [0.3, 0.4) is 0 Å². The minimum Gasteiger partial charge on any atom is -0.369 e. The van der Waals surface area contributed by atoms with E-state index in [-0.39, 0.29) is 0 Å². The first-order valence-electron chi connectivity index (χ1n) is 6.26. The molecule has 2 N–H and O–H groups in total. The Bertz CT molecular complexity index is 636. The van der Waals surface area contributed by atoms with Crippen molar-refractivity contribution in [1.82, 2.24) is 9.97 Å². The Morgan fingerprint density at radius 3 is 2.75 bits per heavy atom. The van der Waals surface area contributed by atoms with E-state index in [2.05, 4.69) is 49.5 Å². The first kappa shape index (κ1) is 14.3. The summed E-state index contributed by atoms with van der Waals surface area (Å²) < 4.78 is 0.751. The summed E-state index contributed by atoms with van der Waals surface area (Å²) in [7, 11) is 0. The Hall–Kier alpha value is -2.13. The van der Waals surface area contributed by atoms with Gasteiger partial charge in [0.05, 0.1) is 11.3 Å². The fourth-order valence-electron chi connectivity index (χ4n) is 1.64. The second kappa shape index (κ2) is 6.87. The summed E-state index contributed by atoms with van der Waals surface area (Å²) in [4.78, 5) is 8.39. The molecule has 0 unspecified atom stereocenters. The van der Waals surface area contributed by atoms with Crippen molar-refractivity contribution in [2.24, 2.45) is 0 Å². The van der Waals surface area contributed by atoms with E-state index in [1.807, 2.05) is 18.2 Å². The van der Waals surface area contributed by atoms with Gasteiger partial charge in [-0.05, 0) is 34.5 Å². The maximum absolute atomic E-state index is 9.09. The highest BCUT2D eigenvalue weighted by molar-refractivity contribution is 9.10. The quantitative estimate of drug-likeness (QED) is 0.874. The van der Waals surface area contributed by atoms with Gasteiger partial charge in [-0.2, -0.15) is 5.26 Å². The number of halogens is 1. The second-order valence-corrected chi connectivity index (χ2v) is 4.89. The number of benzene rings is 1. The summed E-state index contributed by atoms with van der Waals surface area (Å²) in [6, 6.07) is 9.44. The summed E-state index contributed by atoms with van der Waals surface area (Å²) in [5, 5.41) is 15.5. The van der Waals surface area contributed by atoms with Crippen LogP contribution < -0.4 is 10.6 Å². The molecule has 6 heteroatoms. The van der Waals surface area contributed by atoms with Crippen molar-refractivity contribution in [3.63, 3.8) is 0 Å². The third kappa shape index (κ3) is 3.25. The number of para-hydroxylation sites is 1.